The first-order chi connectivity index (χ1) is 18.2. The van der Waals surface area contributed by atoms with Gasteiger partial charge in [0.15, 0.2) is 0 Å². The van der Waals surface area contributed by atoms with E-state index in [0.29, 0.717) is 18.4 Å². The summed E-state index contributed by atoms with van der Waals surface area (Å²) in [4.78, 5) is 54.9. The number of nitrogens with one attached hydrogen (secondary N) is 1. The average Bonchev–Trinajstić information content (AvgIpc) is 3.20. The van der Waals surface area contributed by atoms with Gasteiger partial charge in [0.25, 0.3) is 11.1 Å². The Labute approximate surface area is 224 Å². The topological polar surface area (TPSA) is 143 Å². The molecule has 0 spiro atoms. The van der Waals surface area contributed by atoms with Crippen LogP contribution in [0, 0.1) is 5.92 Å². The lowest BCUT2D eigenvalue weighted by Gasteiger charge is -2.31. The maximum absolute atomic E-state index is 13.2. The molecular formula is C25H26N4O7S2. The third-order valence-electron chi connectivity index (χ3n) is 6.23. The van der Waals surface area contributed by atoms with Crippen molar-refractivity contribution in [3.05, 3.63) is 64.8 Å². The van der Waals surface area contributed by atoms with Gasteiger partial charge in [-0.2, -0.15) is 4.31 Å². The van der Waals surface area contributed by atoms with E-state index in [2.05, 4.69) is 10.3 Å². The van der Waals surface area contributed by atoms with Gasteiger partial charge >= 0.3 is 5.97 Å². The molecule has 1 N–H and O–H groups in total. The van der Waals surface area contributed by atoms with E-state index >= 15 is 0 Å². The molecule has 0 aliphatic carbocycles. The van der Waals surface area contributed by atoms with Gasteiger partial charge < -0.3 is 10.1 Å². The largest absolute Gasteiger partial charge is 0.465 e. The van der Waals surface area contributed by atoms with Crippen molar-refractivity contribution in [3.8, 4) is 0 Å². The normalized spacial score (nSPS) is 18.1. The number of hydrogen-bond donors (Lipinski definition) is 1. The number of piperidine rings is 1. The first-order valence-corrected chi connectivity index (χ1v) is 14.1. The Hall–Kier alpha value is -3.55. The molecule has 200 valence electrons. The Balaban J connectivity index is 1.29. The maximum Gasteiger partial charge on any atom is 0.339 e. The number of amides is 3. The highest BCUT2D eigenvalue weighted by atomic mass is 32.2. The molecule has 2 aliphatic rings. The van der Waals surface area contributed by atoms with Crippen molar-refractivity contribution < 1.29 is 32.3 Å². The number of benzene rings is 1. The predicted octanol–water partition coefficient (Wildman–Crippen LogP) is 2.12. The van der Waals surface area contributed by atoms with Gasteiger partial charge in [-0.15, -0.1) is 0 Å². The highest BCUT2D eigenvalue weighted by molar-refractivity contribution is 8.18. The van der Waals surface area contributed by atoms with Gasteiger partial charge in [-0.25, -0.2) is 13.2 Å². The number of pyridine rings is 1. The second kappa shape index (κ2) is 11.9. The number of esters is 1. The molecule has 0 atom stereocenters. The van der Waals surface area contributed by atoms with Crippen LogP contribution >= 0.6 is 11.8 Å². The van der Waals surface area contributed by atoms with Gasteiger partial charge in [0, 0.05) is 44.5 Å². The zero-order valence-electron chi connectivity index (χ0n) is 20.5. The summed E-state index contributed by atoms with van der Waals surface area (Å²) in [6.07, 6.45) is 5.38. The lowest BCUT2D eigenvalue weighted by atomic mass is 9.97. The van der Waals surface area contributed by atoms with Crippen LogP contribution in [0.15, 0.2) is 58.6 Å². The van der Waals surface area contributed by atoms with E-state index in [1.54, 1.807) is 36.7 Å². The second-order valence-electron chi connectivity index (χ2n) is 8.58. The van der Waals surface area contributed by atoms with E-state index in [0.717, 1.165) is 16.7 Å². The van der Waals surface area contributed by atoms with Crippen molar-refractivity contribution in [2.75, 3.05) is 33.3 Å². The van der Waals surface area contributed by atoms with E-state index in [4.69, 9.17) is 4.74 Å². The van der Waals surface area contributed by atoms with Crippen LogP contribution in [0.3, 0.4) is 0 Å². The fourth-order valence-electron chi connectivity index (χ4n) is 4.21. The minimum Gasteiger partial charge on any atom is -0.465 e. The quantitative estimate of drug-likeness (QED) is 0.381. The summed E-state index contributed by atoms with van der Waals surface area (Å²) in [5.74, 6) is -1.86. The molecule has 4 rings (SSSR count). The third kappa shape index (κ3) is 5.95. The summed E-state index contributed by atoms with van der Waals surface area (Å²) in [5.41, 5.74) is 0.658. The minimum absolute atomic E-state index is 0.0261. The molecular weight excluding hydrogens is 532 g/mol. The van der Waals surface area contributed by atoms with Crippen LogP contribution in [-0.4, -0.2) is 78.9 Å². The van der Waals surface area contributed by atoms with Crippen LogP contribution < -0.4 is 5.32 Å². The molecule has 38 heavy (non-hydrogen) atoms. The van der Waals surface area contributed by atoms with Crippen molar-refractivity contribution in [2.24, 2.45) is 5.92 Å². The Kier molecular flexibility index (Phi) is 8.59. The molecule has 3 heterocycles. The lowest BCUT2D eigenvalue weighted by molar-refractivity contribution is -0.127. The molecule has 0 radical (unpaired) electrons. The Bertz CT molecular complexity index is 1370. The van der Waals surface area contributed by atoms with Gasteiger partial charge in [0.2, 0.25) is 15.9 Å². The molecule has 2 fully saturated rings. The number of rotatable bonds is 8. The van der Waals surface area contributed by atoms with E-state index in [-0.39, 0.29) is 47.5 Å². The summed E-state index contributed by atoms with van der Waals surface area (Å²) < 4.78 is 32.3. The molecule has 1 aromatic heterocycles. The molecule has 1 aromatic carbocycles. The van der Waals surface area contributed by atoms with E-state index in [9.17, 15) is 27.6 Å². The van der Waals surface area contributed by atoms with Gasteiger partial charge in [-0.1, -0.05) is 18.2 Å². The SMILES string of the molecule is COC(=O)c1ccccc1S(=O)(=O)N1CCC(C(=O)NCCN2C(=O)S/C(=C\c3cccnc3)C2=O)CC1. The molecule has 11 nitrogen and oxygen atoms in total. The van der Waals surface area contributed by atoms with Crippen molar-refractivity contribution in [1.82, 2.24) is 19.5 Å². The average molecular weight is 559 g/mol. The van der Waals surface area contributed by atoms with Gasteiger partial charge in [0.1, 0.15) is 0 Å². The second-order valence-corrected chi connectivity index (χ2v) is 11.5. The van der Waals surface area contributed by atoms with Crippen molar-refractivity contribution >= 4 is 50.9 Å². The number of ether oxygens (including phenoxy) is 1. The number of hydrogen-bond acceptors (Lipinski definition) is 9. The number of carbonyl (C=O) groups excluding carboxylic acids is 4. The molecule has 2 saturated heterocycles. The zero-order chi connectivity index (χ0) is 27.3. The van der Waals surface area contributed by atoms with Gasteiger partial charge in [-0.05, 0) is 54.4 Å². The minimum atomic E-state index is -3.96. The van der Waals surface area contributed by atoms with Crippen molar-refractivity contribution in [3.63, 3.8) is 0 Å². The van der Waals surface area contributed by atoms with Crippen LogP contribution in [0.25, 0.3) is 6.08 Å². The van der Waals surface area contributed by atoms with Crippen LogP contribution in [-0.2, 0) is 24.3 Å². The third-order valence-corrected chi connectivity index (χ3v) is 9.09. The number of methoxy groups -OCH3 is 1. The number of aromatic nitrogens is 1. The van der Waals surface area contributed by atoms with Crippen LogP contribution in [0.1, 0.15) is 28.8 Å². The highest BCUT2D eigenvalue weighted by Gasteiger charge is 2.36. The molecule has 0 unspecified atom stereocenters. The Morgan fingerprint density at radius 3 is 2.58 bits per heavy atom. The molecule has 3 amide bonds. The lowest BCUT2D eigenvalue weighted by Crippen LogP contribution is -2.44. The number of imide groups is 1. The smallest absolute Gasteiger partial charge is 0.339 e. The predicted molar refractivity (Wildman–Crippen MR) is 139 cm³/mol. The monoisotopic (exact) mass is 558 g/mol. The zero-order valence-corrected chi connectivity index (χ0v) is 22.2. The fraction of sp³-hybridized carbons (Fsp3) is 0.320. The molecule has 0 bridgehead atoms. The summed E-state index contributed by atoms with van der Waals surface area (Å²) >= 11 is 0.835. The first kappa shape index (κ1) is 27.5. The maximum atomic E-state index is 13.2. The van der Waals surface area contributed by atoms with E-state index in [1.165, 1.54) is 29.6 Å². The number of thioether (sulfide) groups is 1. The summed E-state index contributed by atoms with van der Waals surface area (Å²) in [6, 6.07) is 9.34. The Morgan fingerprint density at radius 2 is 1.89 bits per heavy atom. The Morgan fingerprint density at radius 1 is 1.16 bits per heavy atom. The summed E-state index contributed by atoms with van der Waals surface area (Å²) in [5, 5.41) is 2.34. The van der Waals surface area contributed by atoms with E-state index < -0.39 is 33.1 Å². The van der Waals surface area contributed by atoms with E-state index in [1.807, 2.05) is 0 Å². The number of sulfonamides is 1. The van der Waals surface area contributed by atoms with Crippen molar-refractivity contribution in [1.29, 1.82) is 0 Å². The molecule has 2 aliphatic heterocycles. The van der Waals surface area contributed by atoms with Crippen molar-refractivity contribution in [2.45, 2.75) is 17.7 Å². The standard InChI is InChI=1S/C25H26N4O7S2/c1-36-24(32)19-6-2-3-7-21(19)38(34,35)28-12-8-18(9-13-28)22(30)27-11-14-29-23(31)20(37-25(29)33)15-17-5-4-10-26-16-17/h2-7,10,15-16,18H,8-9,11-14H2,1H3,(H,27,30)/b20-15-. The van der Waals surface area contributed by atoms with Gasteiger partial charge in [0.05, 0.1) is 22.5 Å². The summed E-state index contributed by atoms with van der Waals surface area (Å²) in [7, 11) is -2.77. The summed E-state index contributed by atoms with van der Waals surface area (Å²) in [6.45, 7) is 0.330. The van der Waals surface area contributed by atoms with Gasteiger partial charge in [-0.3, -0.25) is 24.3 Å². The molecule has 0 saturated carbocycles. The first-order valence-electron chi connectivity index (χ1n) is 11.8. The van der Waals surface area contributed by atoms with Crippen LogP contribution in [0.2, 0.25) is 0 Å². The number of carbonyl (C=O) groups is 4. The van der Waals surface area contributed by atoms with Crippen LogP contribution in [0.5, 0.6) is 0 Å². The van der Waals surface area contributed by atoms with Crippen LogP contribution in [0.4, 0.5) is 4.79 Å². The number of nitrogens with zero attached hydrogens (tertiary/aromatic N) is 3. The highest BCUT2D eigenvalue weighted by Crippen LogP contribution is 2.32. The molecule has 2 aromatic rings. The molecule has 13 heteroatoms. The fourth-order valence-corrected chi connectivity index (χ4v) is 6.72.